The molecule has 1 saturated heterocycles. The van der Waals surface area contributed by atoms with Crippen LogP contribution in [0.3, 0.4) is 0 Å². The first kappa shape index (κ1) is 19.5. The second kappa shape index (κ2) is 8.61. The highest BCUT2D eigenvalue weighted by molar-refractivity contribution is 8.00. The number of hydrogen-bond donors (Lipinski definition) is 0. The third-order valence-corrected chi connectivity index (χ3v) is 5.60. The van der Waals surface area contributed by atoms with Crippen LogP contribution in [0.5, 0.6) is 11.5 Å². The fraction of sp³-hybridized carbons (Fsp3) is 0.350. The quantitative estimate of drug-likeness (QED) is 0.681. The summed E-state index contributed by atoms with van der Waals surface area (Å²) in [4.78, 5) is 15.1. The number of benzene rings is 2. The molecule has 1 aliphatic rings. The predicted molar refractivity (Wildman–Crippen MR) is 100 cm³/mol. The van der Waals surface area contributed by atoms with E-state index in [0.717, 1.165) is 30.5 Å². The Morgan fingerprint density at radius 2 is 1.96 bits per heavy atom. The zero-order valence-electron chi connectivity index (χ0n) is 15.2. The van der Waals surface area contributed by atoms with Gasteiger partial charge in [0.15, 0.2) is 11.6 Å². The lowest BCUT2D eigenvalue weighted by atomic mass is 10.0. The van der Waals surface area contributed by atoms with E-state index in [4.69, 9.17) is 9.47 Å². The highest BCUT2D eigenvalue weighted by Crippen LogP contribution is 2.39. The SMILES string of the molecule is COc1ccc(OC)c([C@@H]2CCCN2C(=O)CSc2ccc(F)c(F)c2)c1. The maximum Gasteiger partial charge on any atom is 0.233 e. The van der Waals surface area contributed by atoms with Crippen LogP contribution in [0.1, 0.15) is 24.4 Å². The van der Waals surface area contributed by atoms with E-state index >= 15 is 0 Å². The molecule has 0 unspecified atom stereocenters. The van der Waals surface area contributed by atoms with Crippen LogP contribution in [0.25, 0.3) is 0 Å². The minimum absolute atomic E-state index is 0.0443. The summed E-state index contributed by atoms with van der Waals surface area (Å²) < 4.78 is 37.1. The van der Waals surface area contributed by atoms with E-state index in [-0.39, 0.29) is 17.7 Å². The van der Waals surface area contributed by atoms with Gasteiger partial charge in [-0.15, -0.1) is 11.8 Å². The lowest BCUT2D eigenvalue weighted by Gasteiger charge is -2.26. The number of likely N-dealkylation sites (tertiary alicyclic amines) is 1. The van der Waals surface area contributed by atoms with Crippen LogP contribution in [0.15, 0.2) is 41.3 Å². The number of methoxy groups -OCH3 is 2. The van der Waals surface area contributed by atoms with Gasteiger partial charge in [-0.05, 0) is 49.2 Å². The number of carbonyl (C=O) groups is 1. The van der Waals surface area contributed by atoms with Crippen molar-refractivity contribution in [3.63, 3.8) is 0 Å². The molecule has 1 heterocycles. The molecule has 144 valence electrons. The van der Waals surface area contributed by atoms with Gasteiger partial charge in [-0.25, -0.2) is 8.78 Å². The van der Waals surface area contributed by atoms with Gasteiger partial charge in [0.1, 0.15) is 11.5 Å². The highest BCUT2D eigenvalue weighted by Gasteiger charge is 2.32. The summed E-state index contributed by atoms with van der Waals surface area (Å²) in [5.41, 5.74) is 0.917. The summed E-state index contributed by atoms with van der Waals surface area (Å²) in [6, 6.07) is 9.13. The lowest BCUT2D eigenvalue weighted by molar-refractivity contribution is -0.129. The number of rotatable bonds is 6. The topological polar surface area (TPSA) is 38.8 Å². The van der Waals surface area contributed by atoms with Crippen LogP contribution in [0, 0.1) is 11.6 Å². The third kappa shape index (κ3) is 4.35. The number of carbonyl (C=O) groups excluding carboxylic acids is 1. The molecular formula is C20H21F2NO3S. The summed E-state index contributed by atoms with van der Waals surface area (Å²) >= 11 is 1.20. The van der Waals surface area contributed by atoms with Gasteiger partial charge in [0.25, 0.3) is 0 Å². The average molecular weight is 393 g/mol. The minimum Gasteiger partial charge on any atom is -0.497 e. The van der Waals surface area contributed by atoms with Crippen LogP contribution >= 0.6 is 11.8 Å². The number of hydrogen-bond acceptors (Lipinski definition) is 4. The molecule has 0 N–H and O–H groups in total. The first-order valence-corrected chi connectivity index (χ1v) is 9.61. The second-order valence-corrected chi connectivity index (χ2v) is 7.27. The smallest absolute Gasteiger partial charge is 0.233 e. The molecule has 7 heteroatoms. The minimum atomic E-state index is -0.910. The monoisotopic (exact) mass is 393 g/mol. The molecule has 4 nitrogen and oxygen atoms in total. The van der Waals surface area contributed by atoms with Crippen LogP contribution in [0.2, 0.25) is 0 Å². The normalized spacial score (nSPS) is 16.4. The Balaban J connectivity index is 1.74. The fourth-order valence-corrected chi connectivity index (χ4v) is 4.09. The lowest BCUT2D eigenvalue weighted by Crippen LogP contribution is -2.32. The molecule has 0 aliphatic carbocycles. The highest BCUT2D eigenvalue weighted by atomic mass is 32.2. The van der Waals surface area contributed by atoms with Gasteiger partial charge < -0.3 is 14.4 Å². The molecule has 0 saturated carbocycles. The number of nitrogens with zero attached hydrogens (tertiary/aromatic N) is 1. The van der Waals surface area contributed by atoms with E-state index in [2.05, 4.69) is 0 Å². The molecule has 0 radical (unpaired) electrons. The zero-order valence-corrected chi connectivity index (χ0v) is 16.0. The third-order valence-electron chi connectivity index (χ3n) is 4.62. The Morgan fingerprint density at radius 3 is 2.67 bits per heavy atom. The maximum atomic E-state index is 13.3. The Kier molecular flexibility index (Phi) is 6.21. The van der Waals surface area contributed by atoms with Crippen molar-refractivity contribution in [1.82, 2.24) is 4.90 Å². The Bertz CT molecular complexity index is 831. The number of ether oxygens (including phenoxy) is 2. The maximum absolute atomic E-state index is 13.3. The van der Waals surface area contributed by atoms with Gasteiger partial charge in [-0.1, -0.05) is 0 Å². The number of halogens is 2. The molecular weight excluding hydrogens is 372 g/mol. The molecule has 2 aromatic carbocycles. The van der Waals surface area contributed by atoms with E-state index < -0.39 is 11.6 Å². The van der Waals surface area contributed by atoms with Crippen molar-refractivity contribution in [1.29, 1.82) is 0 Å². The summed E-state index contributed by atoms with van der Waals surface area (Å²) in [6.07, 6.45) is 1.73. The van der Waals surface area contributed by atoms with Gasteiger partial charge in [0, 0.05) is 17.0 Å². The summed E-state index contributed by atoms with van der Waals surface area (Å²) in [7, 11) is 3.20. The molecule has 1 atom stereocenters. The molecule has 1 aliphatic heterocycles. The van der Waals surface area contributed by atoms with Crippen molar-refractivity contribution in [2.75, 3.05) is 26.5 Å². The van der Waals surface area contributed by atoms with Gasteiger partial charge in [0.2, 0.25) is 5.91 Å². The van der Waals surface area contributed by atoms with Crippen LogP contribution in [-0.4, -0.2) is 37.3 Å². The van der Waals surface area contributed by atoms with Crippen molar-refractivity contribution in [2.24, 2.45) is 0 Å². The van der Waals surface area contributed by atoms with Gasteiger partial charge >= 0.3 is 0 Å². The van der Waals surface area contributed by atoms with Crippen molar-refractivity contribution in [2.45, 2.75) is 23.8 Å². The molecule has 0 bridgehead atoms. The van der Waals surface area contributed by atoms with Crippen molar-refractivity contribution < 1.29 is 23.0 Å². The first-order chi connectivity index (χ1) is 13.0. The molecule has 0 aromatic heterocycles. The molecule has 1 fully saturated rings. The summed E-state index contributed by atoms with van der Waals surface area (Å²) in [5, 5.41) is 0. The van der Waals surface area contributed by atoms with E-state index in [1.807, 2.05) is 23.1 Å². The fourth-order valence-electron chi connectivity index (χ4n) is 3.28. The summed E-state index contributed by atoms with van der Waals surface area (Å²) in [6.45, 7) is 0.655. The van der Waals surface area contributed by atoms with Crippen LogP contribution in [-0.2, 0) is 4.79 Å². The van der Waals surface area contributed by atoms with E-state index in [0.29, 0.717) is 22.9 Å². The van der Waals surface area contributed by atoms with Crippen molar-refractivity contribution in [3.05, 3.63) is 53.6 Å². The standard InChI is InChI=1S/C20H21F2NO3S/c1-25-13-5-8-19(26-2)15(10-13)18-4-3-9-23(18)20(24)12-27-14-6-7-16(21)17(22)11-14/h5-8,10-11,18H,3-4,9,12H2,1-2H3/t18-/m0/s1. The Hall–Kier alpha value is -2.28. The summed E-state index contributed by atoms with van der Waals surface area (Å²) in [5.74, 6) is -0.261. The van der Waals surface area contributed by atoms with Gasteiger partial charge in [-0.2, -0.15) is 0 Å². The second-order valence-electron chi connectivity index (χ2n) is 6.22. The zero-order chi connectivity index (χ0) is 19.4. The predicted octanol–water partition coefficient (Wildman–Crippen LogP) is 4.44. The molecule has 1 amide bonds. The average Bonchev–Trinajstić information content (AvgIpc) is 3.17. The van der Waals surface area contributed by atoms with Crippen LogP contribution < -0.4 is 9.47 Å². The molecule has 0 spiro atoms. The van der Waals surface area contributed by atoms with Gasteiger partial charge in [0.05, 0.1) is 26.0 Å². The largest absolute Gasteiger partial charge is 0.497 e. The van der Waals surface area contributed by atoms with E-state index in [1.54, 1.807) is 14.2 Å². The van der Waals surface area contributed by atoms with Crippen LogP contribution in [0.4, 0.5) is 8.78 Å². The first-order valence-electron chi connectivity index (χ1n) is 8.62. The Morgan fingerprint density at radius 1 is 1.15 bits per heavy atom. The van der Waals surface area contributed by atoms with E-state index in [1.165, 1.54) is 17.8 Å². The molecule has 27 heavy (non-hydrogen) atoms. The van der Waals surface area contributed by atoms with Gasteiger partial charge in [-0.3, -0.25) is 4.79 Å². The van der Waals surface area contributed by atoms with Crippen molar-refractivity contribution in [3.8, 4) is 11.5 Å². The van der Waals surface area contributed by atoms with Crippen molar-refractivity contribution >= 4 is 17.7 Å². The Labute approximate surface area is 161 Å². The molecule has 2 aromatic rings. The number of thioether (sulfide) groups is 1. The number of amides is 1. The molecule has 3 rings (SSSR count). The van der Waals surface area contributed by atoms with E-state index in [9.17, 15) is 13.6 Å².